The second-order valence-electron chi connectivity index (χ2n) is 4.92. The Morgan fingerprint density at radius 3 is 2.79 bits per heavy atom. The number of nitrogens with one attached hydrogen (secondary N) is 3. The lowest BCUT2D eigenvalue weighted by Crippen LogP contribution is -2.41. The van der Waals surface area contributed by atoms with Crippen LogP contribution in [0, 0.1) is 0 Å². The van der Waals surface area contributed by atoms with E-state index in [-0.39, 0.29) is 5.91 Å². The fourth-order valence-electron chi connectivity index (χ4n) is 1.91. The van der Waals surface area contributed by atoms with Crippen molar-refractivity contribution in [3.05, 3.63) is 42.2 Å². The van der Waals surface area contributed by atoms with E-state index in [4.69, 9.17) is 0 Å². The van der Waals surface area contributed by atoms with Crippen LogP contribution in [0.3, 0.4) is 0 Å². The highest BCUT2D eigenvalue weighted by molar-refractivity contribution is 5.93. The summed E-state index contributed by atoms with van der Waals surface area (Å²) in [5.41, 5.74) is 0.542. The minimum atomic E-state index is -0.147. The van der Waals surface area contributed by atoms with E-state index in [1.54, 1.807) is 23.0 Å². The van der Waals surface area contributed by atoms with E-state index >= 15 is 0 Å². The van der Waals surface area contributed by atoms with Crippen LogP contribution in [0.15, 0.2) is 35.8 Å². The summed E-state index contributed by atoms with van der Waals surface area (Å²) in [5.74, 6) is 1.29. The predicted octanol–water partition coefficient (Wildman–Crippen LogP) is -0.305. The second-order valence-corrected chi connectivity index (χ2v) is 4.92. The highest BCUT2D eigenvalue weighted by Crippen LogP contribution is 1.94. The molecule has 0 saturated heterocycles. The number of rotatable bonds is 7. The SMILES string of the molecule is CCNC(=NCc1ncnn1C)NCCNC(=O)c1cccnc1. The molecule has 0 bridgehead atoms. The van der Waals surface area contributed by atoms with Crippen molar-refractivity contribution < 1.29 is 4.79 Å². The van der Waals surface area contributed by atoms with E-state index in [0.29, 0.717) is 31.2 Å². The van der Waals surface area contributed by atoms with Crippen LogP contribution >= 0.6 is 0 Å². The number of hydrogen-bond acceptors (Lipinski definition) is 5. The van der Waals surface area contributed by atoms with Gasteiger partial charge in [-0.15, -0.1) is 0 Å². The Morgan fingerprint density at radius 2 is 2.12 bits per heavy atom. The van der Waals surface area contributed by atoms with Gasteiger partial charge in [0.25, 0.3) is 5.91 Å². The fraction of sp³-hybridized carbons (Fsp3) is 0.400. The molecule has 2 rings (SSSR count). The van der Waals surface area contributed by atoms with Crippen LogP contribution in [0.5, 0.6) is 0 Å². The van der Waals surface area contributed by atoms with Gasteiger partial charge >= 0.3 is 0 Å². The summed E-state index contributed by atoms with van der Waals surface area (Å²) in [4.78, 5) is 24.4. The van der Waals surface area contributed by atoms with E-state index in [9.17, 15) is 4.79 Å². The van der Waals surface area contributed by atoms with Crippen molar-refractivity contribution in [2.75, 3.05) is 19.6 Å². The first-order valence-corrected chi connectivity index (χ1v) is 7.74. The molecule has 0 fully saturated rings. The summed E-state index contributed by atoms with van der Waals surface area (Å²) in [7, 11) is 1.83. The standard InChI is InChI=1S/C15H22N8O/c1-3-17-15(20-10-13-21-11-22-23(13)2)19-8-7-18-14(24)12-5-4-6-16-9-12/h4-6,9,11H,3,7-8,10H2,1-2H3,(H,18,24)(H2,17,19,20). The van der Waals surface area contributed by atoms with Crippen LogP contribution in [0.4, 0.5) is 0 Å². The first kappa shape index (κ1) is 17.4. The van der Waals surface area contributed by atoms with Crippen molar-refractivity contribution in [1.82, 2.24) is 35.7 Å². The van der Waals surface area contributed by atoms with Gasteiger partial charge in [-0.25, -0.2) is 9.98 Å². The molecule has 0 aromatic carbocycles. The van der Waals surface area contributed by atoms with Gasteiger partial charge in [0.1, 0.15) is 18.7 Å². The van der Waals surface area contributed by atoms with Gasteiger partial charge in [-0.2, -0.15) is 5.10 Å². The summed E-state index contributed by atoms with van der Waals surface area (Å²) < 4.78 is 1.68. The molecule has 3 N–H and O–H groups in total. The maximum atomic E-state index is 11.9. The molecule has 0 unspecified atom stereocenters. The Morgan fingerprint density at radius 1 is 1.29 bits per heavy atom. The first-order chi connectivity index (χ1) is 11.7. The van der Waals surface area contributed by atoms with Gasteiger partial charge in [0.2, 0.25) is 0 Å². The smallest absolute Gasteiger partial charge is 0.252 e. The number of pyridine rings is 1. The molecule has 2 aromatic rings. The van der Waals surface area contributed by atoms with Crippen LogP contribution < -0.4 is 16.0 Å². The Bertz CT molecular complexity index is 667. The lowest BCUT2D eigenvalue weighted by Gasteiger charge is -2.11. The Kier molecular flexibility index (Phi) is 6.69. The average Bonchev–Trinajstić information content (AvgIpc) is 3.02. The number of aryl methyl sites for hydroxylation is 1. The van der Waals surface area contributed by atoms with E-state index in [0.717, 1.165) is 12.4 Å². The highest BCUT2D eigenvalue weighted by atomic mass is 16.1. The van der Waals surface area contributed by atoms with E-state index < -0.39 is 0 Å². The van der Waals surface area contributed by atoms with E-state index in [1.165, 1.54) is 12.5 Å². The first-order valence-electron chi connectivity index (χ1n) is 7.74. The molecule has 9 heteroatoms. The minimum Gasteiger partial charge on any atom is -0.357 e. The normalized spacial score (nSPS) is 11.2. The molecule has 0 aliphatic carbocycles. The van der Waals surface area contributed by atoms with Gasteiger partial charge in [-0.1, -0.05) is 0 Å². The Hall–Kier alpha value is -2.97. The zero-order chi connectivity index (χ0) is 17.2. The number of guanidine groups is 1. The number of carbonyl (C=O) groups excluding carboxylic acids is 1. The van der Waals surface area contributed by atoms with Crippen molar-refractivity contribution in [3.63, 3.8) is 0 Å². The van der Waals surface area contributed by atoms with Crippen molar-refractivity contribution in [1.29, 1.82) is 0 Å². The number of aromatic nitrogens is 4. The topological polar surface area (TPSA) is 109 Å². The molecule has 0 radical (unpaired) electrons. The molecular weight excluding hydrogens is 308 g/mol. The fourth-order valence-corrected chi connectivity index (χ4v) is 1.91. The van der Waals surface area contributed by atoms with Crippen molar-refractivity contribution in [2.24, 2.45) is 12.0 Å². The van der Waals surface area contributed by atoms with Gasteiger partial charge in [-0.3, -0.25) is 14.5 Å². The average molecular weight is 330 g/mol. The molecule has 0 saturated carbocycles. The third kappa shape index (κ3) is 5.34. The van der Waals surface area contributed by atoms with Crippen molar-refractivity contribution >= 4 is 11.9 Å². The molecule has 0 spiro atoms. The third-order valence-electron chi connectivity index (χ3n) is 3.15. The summed E-state index contributed by atoms with van der Waals surface area (Å²) in [6, 6.07) is 3.46. The van der Waals surface area contributed by atoms with Gasteiger partial charge in [0.15, 0.2) is 5.96 Å². The van der Waals surface area contributed by atoms with Gasteiger partial charge in [0.05, 0.1) is 5.56 Å². The zero-order valence-corrected chi connectivity index (χ0v) is 13.9. The summed E-state index contributed by atoms with van der Waals surface area (Å²) >= 11 is 0. The van der Waals surface area contributed by atoms with Gasteiger partial charge in [0, 0.05) is 39.1 Å². The number of nitrogens with zero attached hydrogens (tertiary/aromatic N) is 5. The Labute approximate surface area is 140 Å². The highest BCUT2D eigenvalue weighted by Gasteiger charge is 2.04. The number of carbonyl (C=O) groups is 1. The maximum Gasteiger partial charge on any atom is 0.252 e. The maximum absolute atomic E-state index is 11.9. The van der Waals surface area contributed by atoms with Crippen molar-refractivity contribution in [2.45, 2.75) is 13.5 Å². The summed E-state index contributed by atoms with van der Waals surface area (Å²) in [6.07, 6.45) is 4.67. The zero-order valence-electron chi connectivity index (χ0n) is 13.9. The molecule has 9 nitrogen and oxygen atoms in total. The van der Waals surface area contributed by atoms with Gasteiger partial charge in [-0.05, 0) is 19.1 Å². The van der Waals surface area contributed by atoms with Crippen LogP contribution in [-0.4, -0.2) is 51.2 Å². The second kappa shape index (κ2) is 9.23. The largest absolute Gasteiger partial charge is 0.357 e. The van der Waals surface area contributed by atoms with Gasteiger partial charge < -0.3 is 16.0 Å². The lowest BCUT2D eigenvalue weighted by atomic mass is 10.3. The monoisotopic (exact) mass is 330 g/mol. The molecule has 2 aromatic heterocycles. The Balaban J connectivity index is 1.77. The van der Waals surface area contributed by atoms with E-state index in [2.05, 4.69) is 36.0 Å². The van der Waals surface area contributed by atoms with Crippen LogP contribution in [0.25, 0.3) is 0 Å². The molecule has 0 aliphatic rings. The molecule has 1 amide bonds. The van der Waals surface area contributed by atoms with Crippen molar-refractivity contribution in [3.8, 4) is 0 Å². The molecule has 24 heavy (non-hydrogen) atoms. The van der Waals surface area contributed by atoms with Crippen LogP contribution in [-0.2, 0) is 13.6 Å². The minimum absolute atomic E-state index is 0.147. The molecule has 0 atom stereocenters. The molecular formula is C15H22N8O. The quantitative estimate of drug-likeness (QED) is 0.365. The van der Waals surface area contributed by atoms with Crippen LogP contribution in [0.1, 0.15) is 23.1 Å². The summed E-state index contributed by atoms with van der Waals surface area (Å²) in [5, 5.41) is 13.1. The molecule has 128 valence electrons. The summed E-state index contributed by atoms with van der Waals surface area (Å²) in [6.45, 7) is 4.18. The van der Waals surface area contributed by atoms with Crippen LogP contribution in [0.2, 0.25) is 0 Å². The molecule has 0 aliphatic heterocycles. The van der Waals surface area contributed by atoms with E-state index in [1.807, 2.05) is 14.0 Å². The number of amides is 1. The lowest BCUT2D eigenvalue weighted by molar-refractivity contribution is 0.0954. The number of hydrogen-bond donors (Lipinski definition) is 3. The predicted molar refractivity (Wildman–Crippen MR) is 90.4 cm³/mol. The number of aliphatic imine (C=N–C) groups is 1. The molecule has 2 heterocycles. The third-order valence-corrected chi connectivity index (χ3v) is 3.15.